The number of hydrogen-bond donors (Lipinski definition) is 1. The molecule has 138 valence electrons. The zero-order valence-electron chi connectivity index (χ0n) is 15.0. The van der Waals surface area contributed by atoms with E-state index in [0.717, 1.165) is 23.4 Å². The molecule has 5 nitrogen and oxygen atoms in total. The number of aromatic nitrogens is 2. The molecule has 0 aliphatic carbocycles. The normalized spacial score (nSPS) is 16.0. The van der Waals surface area contributed by atoms with E-state index in [9.17, 15) is 4.79 Å². The van der Waals surface area contributed by atoms with Crippen molar-refractivity contribution in [3.05, 3.63) is 82.1 Å². The Morgan fingerprint density at radius 1 is 1.26 bits per heavy atom. The fourth-order valence-corrected chi connectivity index (χ4v) is 3.31. The maximum Gasteiger partial charge on any atom is 0.276 e. The van der Waals surface area contributed by atoms with Crippen LogP contribution in [0.15, 0.2) is 54.6 Å². The highest BCUT2D eigenvalue weighted by Crippen LogP contribution is 2.27. The second-order valence-corrected chi connectivity index (χ2v) is 7.00. The standard InChI is InChI=1S/C21H20ClN3O2/c1-2-14-4-3-5-17(10-14)23-21(26)19-11-18-13-27-20(12-25(18)24-19)15-6-8-16(22)9-7-15/h3-11,20H,2,12-13H2,1H3,(H,23,26). The number of carbonyl (C=O) groups is 1. The molecular formula is C21H20ClN3O2. The third-order valence-electron chi connectivity index (χ3n) is 4.70. The van der Waals surface area contributed by atoms with E-state index < -0.39 is 0 Å². The molecule has 0 spiro atoms. The van der Waals surface area contributed by atoms with E-state index >= 15 is 0 Å². The highest BCUT2D eigenvalue weighted by Gasteiger charge is 2.24. The van der Waals surface area contributed by atoms with Gasteiger partial charge in [0.1, 0.15) is 6.10 Å². The van der Waals surface area contributed by atoms with Crippen LogP contribution in [0.2, 0.25) is 5.02 Å². The Kier molecular flexibility index (Phi) is 4.97. The number of nitrogens with zero attached hydrogens (tertiary/aromatic N) is 2. The monoisotopic (exact) mass is 381 g/mol. The average Bonchev–Trinajstić information content (AvgIpc) is 3.12. The first-order chi connectivity index (χ1) is 13.1. The lowest BCUT2D eigenvalue weighted by molar-refractivity contribution is -0.00118. The Balaban J connectivity index is 1.49. The molecule has 0 saturated carbocycles. The summed E-state index contributed by atoms with van der Waals surface area (Å²) in [6.45, 7) is 3.07. The summed E-state index contributed by atoms with van der Waals surface area (Å²) in [7, 11) is 0. The van der Waals surface area contributed by atoms with Crippen molar-refractivity contribution >= 4 is 23.2 Å². The van der Waals surface area contributed by atoms with Gasteiger partial charge in [0, 0.05) is 10.7 Å². The zero-order chi connectivity index (χ0) is 18.8. The van der Waals surface area contributed by atoms with Gasteiger partial charge in [0.05, 0.1) is 18.8 Å². The van der Waals surface area contributed by atoms with E-state index in [4.69, 9.17) is 16.3 Å². The summed E-state index contributed by atoms with van der Waals surface area (Å²) < 4.78 is 7.78. The first-order valence-electron chi connectivity index (χ1n) is 8.96. The number of aryl methyl sites for hydroxylation is 1. The van der Waals surface area contributed by atoms with Gasteiger partial charge in [0.2, 0.25) is 0 Å². The van der Waals surface area contributed by atoms with Crippen LogP contribution in [-0.4, -0.2) is 15.7 Å². The molecule has 2 heterocycles. The van der Waals surface area contributed by atoms with Crippen molar-refractivity contribution in [2.45, 2.75) is 32.6 Å². The van der Waals surface area contributed by atoms with Crippen LogP contribution in [0.1, 0.15) is 40.3 Å². The number of benzene rings is 2. The van der Waals surface area contributed by atoms with E-state index in [-0.39, 0.29) is 12.0 Å². The van der Waals surface area contributed by atoms with Crippen molar-refractivity contribution in [3.63, 3.8) is 0 Å². The lowest BCUT2D eigenvalue weighted by atomic mass is 10.1. The van der Waals surface area contributed by atoms with Gasteiger partial charge < -0.3 is 10.1 Å². The molecule has 1 unspecified atom stereocenters. The number of carbonyl (C=O) groups excluding carboxylic acids is 1. The molecular weight excluding hydrogens is 362 g/mol. The van der Waals surface area contributed by atoms with E-state index in [0.29, 0.717) is 23.9 Å². The van der Waals surface area contributed by atoms with Crippen molar-refractivity contribution in [2.75, 3.05) is 5.32 Å². The number of hydrogen-bond acceptors (Lipinski definition) is 3. The van der Waals surface area contributed by atoms with Gasteiger partial charge in [0.15, 0.2) is 5.69 Å². The zero-order valence-corrected chi connectivity index (χ0v) is 15.7. The summed E-state index contributed by atoms with van der Waals surface area (Å²) in [6.07, 6.45) is 0.818. The van der Waals surface area contributed by atoms with Crippen molar-refractivity contribution in [2.24, 2.45) is 0 Å². The van der Waals surface area contributed by atoms with Gasteiger partial charge in [-0.15, -0.1) is 0 Å². The number of amides is 1. The van der Waals surface area contributed by atoms with Crippen LogP contribution in [0.3, 0.4) is 0 Å². The van der Waals surface area contributed by atoms with Crippen LogP contribution < -0.4 is 5.32 Å². The largest absolute Gasteiger partial charge is 0.365 e. The van der Waals surface area contributed by atoms with Gasteiger partial charge in [-0.3, -0.25) is 9.48 Å². The maximum atomic E-state index is 12.6. The molecule has 3 aromatic rings. The minimum Gasteiger partial charge on any atom is -0.365 e. The summed E-state index contributed by atoms with van der Waals surface area (Å²) in [5, 5.41) is 8.10. The predicted molar refractivity (Wildman–Crippen MR) is 105 cm³/mol. The first kappa shape index (κ1) is 17.8. The predicted octanol–water partition coefficient (Wildman–Crippen LogP) is 4.62. The lowest BCUT2D eigenvalue weighted by Gasteiger charge is -2.24. The van der Waals surface area contributed by atoms with Crippen LogP contribution in [-0.2, 0) is 24.3 Å². The molecule has 27 heavy (non-hydrogen) atoms. The summed E-state index contributed by atoms with van der Waals surface area (Å²) in [5.41, 5.74) is 4.29. The molecule has 1 aliphatic rings. The summed E-state index contributed by atoms with van der Waals surface area (Å²) >= 11 is 5.95. The van der Waals surface area contributed by atoms with Crippen LogP contribution in [0.4, 0.5) is 5.69 Å². The second-order valence-electron chi connectivity index (χ2n) is 6.56. The minimum absolute atomic E-state index is 0.105. The molecule has 0 fully saturated rings. The Bertz CT molecular complexity index is 966. The first-order valence-corrected chi connectivity index (χ1v) is 9.34. The van der Waals surface area contributed by atoms with Gasteiger partial charge in [-0.2, -0.15) is 5.10 Å². The van der Waals surface area contributed by atoms with Gasteiger partial charge >= 0.3 is 0 Å². The molecule has 1 N–H and O–H groups in total. The van der Waals surface area contributed by atoms with Gasteiger partial charge in [-0.1, -0.05) is 42.8 Å². The Labute approximate surface area is 162 Å². The molecule has 6 heteroatoms. The molecule has 0 saturated heterocycles. The number of ether oxygens (including phenoxy) is 1. The molecule has 1 aromatic heterocycles. The van der Waals surface area contributed by atoms with Crippen LogP contribution in [0, 0.1) is 0 Å². The quantitative estimate of drug-likeness (QED) is 0.717. The third-order valence-corrected chi connectivity index (χ3v) is 4.95. The SMILES string of the molecule is CCc1cccc(NC(=O)c2cc3n(n2)CC(c2ccc(Cl)cc2)OC3)c1. The van der Waals surface area contributed by atoms with E-state index in [2.05, 4.69) is 17.3 Å². The Morgan fingerprint density at radius 3 is 2.85 bits per heavy atom. The lowest BCUT2D eigenvalue weighted by Crippen LogP contribution is -2.22. The summed E-state index contributed by atoms with van der Waals surface area (Å²) in [6, 6.07) is 17.2. The summed E-state index contributed by atoms with van der Waals surface area (Å²) in [5.74, 6) is -0.215. The van der Waals surface area contributed by atoms with Crippen LogP contribution in [0.25, 0.3) is 0 Å². The van der Waals surface area contributed by atoms with Crippen LogP contribution in [0.5, 0.6) is 0 Å². The van der Waals surface area contributed by atoms with Crippen LogP contribution >= 0.6 is 11.6 Å². The molecule has 0 bridgehead atoms. The number of fused-ring (bicyclic) bond motifs is 1. The van der Waals surface area contributed by atoms with E-state index in [1.165, 1.54) is 5.56 Å². The number of rotatable bonds is 4. The fourth-order valence-electron chi connectivity index (χ4n) is 3.18. The topological polar surface area (TPSA) is 56.2 Å². The molecule has 4 rings (SSSR count). The molecule has 0 radical (unpaired) electrons. The van der Waals surface area contributed by atoms with Gasteiger partial charge in [-0.05, 0) is 47.9 Å². The third kappa shape index (κ3) is 3.89. The van der Waals surface area contributed by atoms with Crippen molar-refractivity contribution < 1.29 is 9.53 Å². The smallest absolute Gasteiger partial charge is 0.276 e. The Hall–Kier alpha value is -2.63. The highest BCUT2D eigenvalue weighted by atomic mass is 35.5. The van der Waals surface area contributed by atoms with Crippen molar-refractivity contribution in [1.82, 2.24) is 9.78 Å². The number of halogens is 1. The van der Waals surface area contributed by atoms with E-state index in [1.54, 1.807) is 6.07 Å². The average molecular weight is 382 g/mol. The number of anilines is 1. The number of nitrogens with one attached hydrogen (secondary N) is 1. The molecule has 2 aromatic carbocycles. The molecule has 1 amide bonds. The fraction of sp³-hybridized carbons (Fsp3) is 0.238. The Morgan fingerprint density at radius 2 is 2.07 bits per heavy atom. The summed E-state index contributed by atoms with van der Waals surface area (Å²) in [4.78, 5) is 12.6. The van der Waals surface area contributed by atoms with Crippen molar-refractivity contribution in [3.8, 4) is 0 Å². The molecule has 1 atom stereocenters. The van der Waals surface area contributed by atoms with Gasteiger partial charge in [0.25, 0.3) is 5.91 Å². The van der Waals surface area contributed by atoms with Crippen molar-refractivity contribution in [1.29, 1.82) is 0 Å². The second kappa shape index (κ2) is 7.55. The highest BCUT2D eigenvalue weighted by molar-refractivity contribution is 6.30. The maximum absolute atomic E-state index is 12.6. The molecule has 1 aliphatic heterocycles. The van der Waals surface area contributed by atoms with Gasteiger partial charge in [-0.25, -0.2) is 0 Å². The van der Waals surface area contributed by atoms with E-state index in [1.807, 2.05) is 53.2 Å². The minimum atomic E-state index is -0.215.